The standard InChI is InChI=1S/C11H15N3O/c1-11(2)7-14(10(15)13-11)9-5-3-4-8(12)6-9/h3-6H,7,12H2,1-2H3,(H,13,15). The van der Waals surface area contributed by atoms with Crippen LogP contribution in [-0.2, 0) is 0 Å². The first-order chi connectivity index (χ1) is 6.98. The van der Waals surface area contributed by atoms with E-state index in [-0.39, 0.29) is 11.6 Å². The molecule has 1 saturated heterocycles. The molecule has 3 N–H and O–H groups in total. The van der Waals surface area contributed by atoms with Crippen LogP contribution in [0.1, 0.15) is 13.8 Å². The van der Waals surface area contributed by atoms with Gasteiger partial charge in [0, 0.05) is 11.4 Å². The van der Waals surface area contributed by atoms with E-state index in [1.807, 2.05) is 32.0 Å². The molecule has 4 heteroatoms. The summed E-state index contributed by atoms with van der Waals surface area (Å²) in [6, 6.07) is 7.29. The third kappa shape index (κ3) is 1.88. The van der Waals surface area contributed by atoms with Gasteiger partial charge in [-0.05, 0) is 32.0 Å². The molecule has 0 aliphatic carbocycles. The number of hydrogen-bond acceptors (Lipinski definition) is 2. The Kier molecular flexibility index (Phi) is 2.07. The normalized spacial score (nSPS) is 19.1. The Balaban J connectivity index is 2.29. The predicted octanol–water partition coefficient (Wildman–Crippen LogP) is 1.58. The molecule has 1 fully saturated rings. The number of nitrogen functional groups attached to an aromatic ring is 1. The van der Waals surface area contributed by atoms with E-state index in [1.54, 1.807) is 11.0 Å². The van der Waals surface area contributed by atoms with Gasteiger partial charge in [0.1, 0.15) is 0 Å². The van der Waals surface area contributed by atoms with E-state index in [0.29, 0.717) is 12.2 Å². The summed E-state index contributed by atoms with van der Waals surface area (Å²) in [7, 11) is 0. The largest absolute Gasteiger partial charge is 0.399 e. The number of amides is 2. The van der Waals surface area contributed by atoms with Crippen LogP contribution in [0.5, 0.6) is 0 Å². The van der Waals surface area contributed by atoms with Crippen LogP contribution >= 0.6 is 0 Å². The second-order valence-corrected chi connectivity index (χ2v) is 4.50. The van der Waals surface area contributed by atoms with Crippen molar-refractivity contribution in [3.05, 3.63) is 24.3 Å². The molecule has 0 bridgehead atoms. The Bertz CT molecular complexity index is 401. The molecule has 0 radical (unpaired) electrons. The highest BCUT2D eigenvalue weighted by atomic mass is 16.2. The molecular weight excluding hydrogens is 190 g/mol. The highest BCUT2D eigenvalue weighted by Gasteiger charge is 2.35. The lowest BCUT2D eigenvalue weighted by atomic mass is 10.1. The SMILES string of the molecule is CC1(C)CN(c2cccc(N)c2)C(=O)N1. The number of nitrogens with zero attached hydrogens (tertiary/aromatic N) is 1. The maximum Gasteiger partial charge on any atom is 0.322 e. The highest BCUT2D eigenvalue weighted by molar-refractivity contribution is 5.95. The Morgan fingerprint density at radius 1 is 1.47 bits per heavy atom. The summed E-state index contributed by atoms with van der Waals surface area (Å²) in [5.74, 6) is 0. The summed E-state index contributed by atoms with van der Waals surface area (Å²) in [5, 5.41) is 2.91. The van der Waals surface area contributed by atoms with Crippen LogP contribution in [0.3, 0.4) is 0 Å². The number of carbonyl (C=O) groups excluding carboxylic acids is 1. The number of nitrogens with two attached hydrogens (primary N) is 1. The number of benzene rings is 1. The quantitative estimate of drug-likeness (QED) is 0.684. The maximum absolute atomic E-state index is 11.7. The minimum absolute atomic E-state index is 0.0643. The van der Waals surface area contributed by atoms with E-state index < -0.39 is 0 Å². The molecule has 80 valence electrons. The summed E-state index contributed by atoms with van der Waals surface area (Å²) in [6.07, 6.45) is 0. The van der Waals surface area contributed by atoms with Crippen LogP contribution in [0.4, 0.5) is 16.2 Å². The van der Waals surface area contributed by atoms with Crippen molar-refractivity contribution in [2.45, 2.75) is 19.4 Å². The van der Waals surface area contributed by atoms with Crippen LogP contribution in [0, 0.1) is 0 Å². The molecule has 0 saturated carbocycles. The fraction of sp³-hybridized carbons (Fsp3) is 0.364. The Hall–Kier alpha value is -1.71. The Morgan fingerprint density at radius 2 is 2.20 bits per heavy atom. The molecule has 1 heterocycles. The van der Waals surface area contributed by atoms with Crippen molar-refractivity contribution in [3.63, 3.8) is 0 Å². The van der Waals surface area contributed by atoms with Gasteiger partial charge in [-0.2, -0.15) is 0 Å². The van der Waals surface area contributed by atoms with Crippen molar-refractivity contribution in [2.24, 2.45) is 0 Å². The zero-order chi connectivity index (χ0) is 11.1. The summed E-state index contributed by atoms with van der Waals surface area (Å²) in [5.41, 5.74) is 7.02. The Morgan fingerprint density at radius 3 is 2.73 bits per heavy atom. The number of carbonyl (C=O) groups is 1. The van der Waals surface area contributed by atoms with Gasteiger partial charge >= 0.3 is 6.03 Å². The molecule has 1 aliphatic rings. The van der Waals surface area contributed by atoms with Gasteiger partial charge < -0.3 is 11.1 Å². The highest BCUT2D eigenvalue weighted by Crippen LogP contribution is 2.24. The second-order valence-electron chi connectivity index (χ2n) is 4.50. The van der Waals surface area contributed by atoms with Gasteiger partial charge in [0.05, 0.1) is 12.1 Å². The van der Waals surface area contributed by atoms with Gasteiger partial charge in [0.25, 0.3) is 0 Å². The molecule has 0 atom stereocenters. The lowest BCUT2D eigenvalue weighted by Gasteiger charge is -2.18. The fourth-order valence-electron chi connectivity index (χ4n) is 1.76. The minimum atomic E-state index is -0.179. The molecular formula is C11H15N3O. The summed E-state index contributed by atoms with van der Waals surface area (Å²) in [4.78, 5) is 13.4. The van der Waals surface area contributed by atoms with Crippen LogP contribution in [0.25, 0.3) is 0 Å². The lowest BCUT2D eigenvalue weighted by molar-refractivity contribution is 0.249. The van der Waals surface area contributed by atoms with Crippen molar-refractivity contribution >= 4 is 17.4 Å². The second kappa shape index (κ2) is 3.15. The van der Waals surface area contributed by atoms with Crippen LogP contribution in [0.15, 0.2) is 24.3 Å². The average Bonchev–Trinajstić information content (AvgIpc) is 2.40. The number of nitrogens with one attached hydrogen (secondary N) is 1. The third-order valence-electron chi connectivity index (χ3n) is 2.43. The number of rotatable bonds is 1. The minimum Gasteiger partial charge on any atom is -0.399 e. The first-order valence-corrected chi connectivity index (χ1v) is 4.93. The Labute approximate surface area is 89.1 Å². The van der Waals surface area contributed by atoms with Crippen LogP contribution < -0.4 is 16.0 Å². The van der Waals surface area contributed by atoms with E-state index in [9.17, 15) is 4.79 Å². The van der Waals surface area contributed by atoms with Crippen molar-refractivity contribution in [1.82, 2.24) is 5.32 Å². The van der Waals surface area contributed by atoms with E-state index in [1.165, 1.54) is 0 Å². The number of anilines is 2. The van der Waals surface area contributed by atoms with Gasteiger partial charge in [0.15, 0.2) is 0 Å². The average molecular weight is 205 g/mol. The zero-order valence-electron chi connectivity index (χ0n) is 8.95. The number of urea groups is 1. The first-order valence-electron chi connectivity index (χ1n) is 4.93. The van der Waals surface area contributed by atoms with E-state index in [0.717, 1.165) is 5.69 Å². The number of hydrogen-bond donors (Lipinski definition) is 2. The molecule has 15 heavy (non-hydrogen) atoms. The van der Waals surface area contributed by atoms with Crippen molar-refractivity contribution in [3.8, 4) is 0 Å². The van der Waals surface area contributed by atoms with Gasteiger partial charge in [0.2, 0.25) is 0 Å². The molecule has 2 amide bonds. The van der Waals surface area contributed by atoms with Crippen LogP contribution in [-0.4, -0.2) is 18.1 Å². The smallest absolute Gasteiger partial charge is 0.322 e. The molecule has 1 aromatic carbocycles. The van der Waals surface area contributed by atoms with Crippen molar-refractivity contribution in [2.75, 3.05) is 17.2 Å². The first kappa shape index (κ1) is 9.83. The summed E-state index contributed by atoms with van der Waals surface area (Å²) < 4.78 is 0. The molecule has 2 rings (SSSR count). The van der Waals surface area contributed by atoms with E-state index >= 15 is 0 Å². The van der Waals surface area contributed by atoms with Crippen molar-refractivity contribution < 1.29 is 4.79 Å². The molecule has 0 unspecified atom stereocenters. The van der Waals surface area contributed by atoms with E-state index in [2.05, 4.69) is 5.32 Å². The maximum atomic E-state index is 11.7. The zero-order valence-corrected chi connectivity index (χ0v) is 8.95. The molecule has 0 spiro atoms. The molecule has 0 aromatic heterocycles. The molecule has 1 aliphatic heterocycles. The predicted molar refractivity (Wildman–Crippen MR) is 60.8 cm³/mol. The van der Waals surface area contributed by atoms with Crippen LogP contribution in [0.2, 0.25) is 0 Å². The lowest BCUT2D eigenvalue weighted by Crippen LogP contribution is -2.36. The van der Waals surface area contributed by atoms with Crippen molar-refractivity contribution in [1.29, 1.82) is 0 Å². The molecule has 1 aromatic rings. The summed E-state index contributed by atoms with van der Waals surface area (Å²) >= 11 is 0. The van der Waals surface area contributed by atoms with Gasteiger partial charge in [-0.15, -0.1) is 0 Å². The monoisotopic (exact) mass is 205 g/mol. The van der Waals surface area contributed by atoms with Gasteiger partial charge in [-0.3, -0.25) is 4.90 Å². The molecule has 4 nitrogen and oxygen atoms in total. The van der Waals surface area contributed by atoms with Gasteiger partial charge in [-0.1, -0.05) is 6.07 Å². The van der Waals surface area contributed by atoms with Gasteiger partial charge in [-0.25, -0.2) is 4.79 Å². The topological polar surface area (TPSA) is 58.4 Å². The fourth-order valence-corrected chi connectivity index (χ4v) is 1.76. The van der Waals surface area contributed by atoms with E-state index in [4.69, 9.17) is 5.73 Å². The summed E-state index contributed by atoms with van der Waals surface area (Å²) in [6.45, 7) is 4.66. The third-order valence-corrected chi connectivity index (χ3v) is 2.43.